The first-order valence-electron chi connectivity index (χ1n) is 2.59. The van der Waals surface area contributed by atoms with Gasteiger partial charge in [-0.2, -0.15) is 0 Å². The molecule has 0 atom stereocenters. The minimum atomic E-state index is -0.359. The molecule has 4 heteroatoms. The summed E-state index contributed by atoms with van der Waals surface area (Å²) in [5.41, 5.74) is 0. The van der Waals surface area contributed by atoms with Crippen molar-refractivity contribution in [1.82, 2.24) is 0 Å². The summed E-state index contributed by atoms with van der Waals surface area (Å²) >= 11 is 0. The van der Waals surface area contributed by atoms with Gasteiger partial charge in [-0.25, -0.2) is 4.79 Å². The molecule has 0 saturated heterocycles. The zero-order valence-corrected chi connectivity index (χ0v) is 5.74. The molecule has 0 amide bonds. The summed E-state index contributed by atoms with van der Waals surface area (Å²) in [4.78, 5) is 18.4. The molecule has 0 fully saturated rings. The van der Waals surface area contributed by atoms with E-state index in [1.54, 1.807) is 6.92 Å². The molecule has 0 spiro atoms. The van der Waals surface area contributed by atoms with Gasteiger partial charge in [0.2, 0.25) is 0 Å². The van der Waals surface area contributed by atoms with Crippen molar-refractivity contribution in [2.75, 3.05) is 6.61 Å². The van der Waals surface area contributed by atoms with Crippen molar-refractivity contribution in [1.29, 1.82) is 0 Å². The Morgan fingerprint density at radius 1 is 1.80 bits per heavy atom. The van der Waals surface area contributed by atoms with E-state index < -0.39 is 0 Å². The van der Waals surface area contributed by atoms with E-state index in [0.29, 0.717) is 6.61 Å². The van der Waals surface area contributed by atoms with Crippen LogP contribution in [0.4, 0.5) is 0 Å². The molecule has 0 aliphatic rings. The second-order valence-corrected chi connectivity index (χ2v) is 1.06. The second-order valence-electron chi connectivity index (χ2n) is 1.06. The van der Waals surface area contributed by atoms with Gasteiger partial charge in [-0.05, 0) is 6.92 Å². The molecule has 0 aromatic rings. The van der Waals surface area contributed by atoms with Crippen LogP contribution in [-0.2, 0) is 14.3 Å². The van der Waals surface area contributed by atoms with Gasteiger partial charge in [-0.15, -0.1) is 0 Å². The van der Waals surface area contributed by atoms with E-state index in [1.807, 2.05) is 0 Å². The third-order valence-electron chi connectivity index (χ3n) is 0.453. The van der Waals surface area contributed by atoms with E-state index in [4.69, 9.17) is 9.90 Å². The predicted octanol–water partition coefficient (Wildman–Crippen LogP) is 0.436. The molecule has 0 aromatic heterocycles. The summed E-state index contributed by atoms with van der Waals surface area (Å²) in [6.45, 7) is 5.13. The van der Waals surface area contributed by atoms with Crippen molar-refractivity contribution < 1.29 is 19.4 Å². The second kappa shape index (κ2) is 10.6. The maximum absolute atomic E-state index is 10.1. The van der Waals surface area contributed by atoms with E-state index in [1.165, 1.54) is 0 Å². The van der Waals surface area contributed by atoms with Crippen LogP contribution in [0.15, 0.2) is 12.7 Å². The lowest BCUT2D eigenvalue weighted by atomic mass is 10.6. The largest absolute Gasteiger partial charge is 0.483 e. The van der Waals surface area contributed by atoms with Crippen LogP contribution in [-0.4, -0.2) is 24.2 Å². The quantitative estimate of drug-likeness (QED) is 0.348. The van der Waals surface area contributed by atoms with E-state index in [0.717, 1.165) is 6.08 Å². The Bertz CT molecular complexity index is 108. The normalized spacial score (nSPS) is 6.50. The molecule has 0 bridgehead atoms. The SMILES string of the molecule is C=CC(=O)OCC.O=CO. The molecule has 10 heavy (non-hydrogen) atoms. The molecule has 4 nitrogen and oxygen atoms in total. The minimum absolute atomic E-state index is 0.250. The fourth-order valence-corrected chi connectivity index (χ4v) is 0.201. The average molecular weight is 146 g/mol. The topological polar surface area (TPSA) is 63.6 Å². The van der Waals surface area contributed by atoms with E-state index in [2.05, 4.69) is 11.3 Å². The summed E-state index contributed by atoms with van der Waals surface area (Å²) in [6, 6.07) is 0. The van der Waals surface area contributed by atoms with Crippen molar-refractivity contribution in [3.8, 4) is 0 Å². The molecule has 0 heterocycles. The molecular formula is C6H10O4. The maximum Gasteiger partial charge on any atom is 0.330 e. The van der Waals surface area contributed by atoms with Crippen molar-refractivity contribution in [3.63, 3.8) is 0 Å². The summed E-state index contributed by atoms with van der Waals surface area (Å²) in [5.74, 6) is -0.359. The molecule has 58 valence electrons. The maximum atomic E-state index is 10.1. The predicted molar refractivity (Wildman–Crippen MR) is 35.5 cm³/mol. The van der Waals surface area contributed by atoms with Crippen LogP contribution < -0.4 is 0 Å². The molecular weight excluding hydrogens is 136 g/mol. The molecule has 0 rings (SSSR count). The number of carbonyl (C=O) groups is 2. The molecule has 0 unspecified atom stereocenters. The smallest absolute Gasteiger partial charge is 0.330 e. The molecule has 0 aromatic carbocycles. The lowest BCUT2D eigenvalue weighted by Gasteiger charge is -1.90. The Hall–Kier alpha value is -1.32. The number of hydrogen-bond acceptors (Lipinski definition) is 3. The highest BCUT2D eigenvalue weighted by atomic mass is 16.5. The minimum Gasteiger partial charge on any atom is -0.483 e. The van der Waals surface area contributed by atoms with Crippen LogP contribution >= 0.6 is 0 Å². The fraction of sp³-hybridized carbons (Fsp3) is 0.333. The zero-order valence-electron chi connectivity index (χ0n) is 5.74. The summed E-state index contributed by atoms with van der Waals surface area (Å²) in [6.07, 6.45) is 1.14. The third kappa shape index (κ3) is 15.9. The van der Waals surface area contributed by atoms with Crippen molar-refractivity contribution in [3.05, 3.63) is 12.7 Å². The van der Waals surface area contributed by atoms with Crippen LogP contribution in [0.2, 0.25) is 0 Å². The van der Waals surface area contributed by atoms with Crippen LogP contribution in [0.25, 0.3) is 0 Å². The molecule has 0 radical (unpaired) electrons. The summed E-state index contributed by atoms with van der Waals surface area (Å²) in [5, 5.41) is 6.89. The first kappa shape index (κ1) is 11.5. The van der Waals surface area contributed by atoms with Crippen molar-refractivity contribution in [2.45, 2.75) is 6.92 Å². The first-order chi connectivity index (χ1) is 4.72. The van der Waals surface area contributed by atoms with Gasteiger partial charge in [-0.3, -0.25) is 4.79 Å². The monoisotopic (exact) mass is 146 g/mol. The van der Waals surface area contributed by atoms with Gasteiger partial charge in [-0.1, -0.05) is 6.58 Å². The number of ether oxygens (including phenoxy) is 1. The highest BCUT2D eigenvalue weighted by Gasteiger charge is 1.86. The van der Waals surface area contributed by atoms with Crippen molar-refractivity contribution in [2.24, 2.45) is 0 Å². The van der Waals surface area contributed by atoms with Crippen LogP contribution in [0.3, 0.4) is 0 Å². The van der Waals surface area contributed by atoms with Crippen molar-refractivity contribution >= 4 is 12.4 Å². The van der Waals surface area contributed by atoms with Gasteiger partial charge in [0, 0.05) is 6.08 Å². The number of hydrogen-bond donors (Lipinski definition) is 1. The van der Waals surface area contributed by atoms with Gasteiger partial charge in [0.1, 0.15) is 0 Å². The molecule has 1 N–H and O–H groups in total. The standard InChI is InChI=1S/C5H8O2.CH2O2/c1-3-5(6)7-4-2;2-1-3/h3H,1,4H2,2H3;1H,(H,2,3). The number of rotatable bonds is 2. The van der Waals surface area contributed by atoms with Gasteiger partial charge in [0.25, 0.3) is 6.47 Å². The third-order valence-corrected chi connectivity index (χ3v) is 0.453. The fourth-order valence-electron chi connectivity index (χ4n) is 0.201. The Labute approximate surface area is 59.1 Å². The van der Waals surface area contributed by atoms with Crippen LogP contribution in [0, 0.1) is 0 Å². The lowest BCUT2D eigenvalue weighted by molar-refractivity contribution is -0.137. The Balaban J connectivity index is 0. The van der Waals surface area contributed by atoms with E-state index in [-0.39, 0.29) is 12.4 Å². The average Bonchev–Trinajstić information content (AvgIpc) is 1.90. The molecule has 0 aliphatic heterocycles. The van der Waals surface area contributed by atoms with E-state index >= 15 is 0 Å². The summed E-state index contributed by atoms with van der Waals surface area (Å²) < 4.78 is 4.43. The van der Waals surface area contributed by atoms with Gasteiger partial charge < -0.3 is 9.84 Å². The van der Waals surface area contributed by atoms with Crippen LogP contribution in [0.1, 0.15) is 6.92 Å². The highest BCUT2D eigenvalue weighted by Crippen LogP contribution is 1.74. The number of esters is 1. The van der Waals surface area contributed by atoms with Gasteiger partial charge in [0.05, 0.1) is 6.61 Å². The first-order valence-corrected chi connectivity index (χ1v) is 2.59. The molecule has 0 aliphatic carbocycles. The van der Waals surface area contributed by atoms with E-state index in [9.17, 15) is 4.79 Å². The number of carboxylic acid groups (broad SMARTS) is 1. The lowest BCUT2D eigenvalue weighted by Crippen LogP contribution is -1.97. The Morgan fingerprint density at radius 3 is 2.30 bits per heavy atom. The Kier molecular flexibility index (Phi) is 12.2. The molecule has 0 saturated carbocycles. The summed E-state index contributed by atoms with van der Waals surface area (Å²) in [7, 11) is 0. The van der Waals surface area contributed by atoms with Crippen LogP contribution in [0.5, 0.6) is 0 Å². The zero-order chi connectivity index (χ0) is 8.41. The Morgan fingerprint density at radius 2 is 2.20 bits per heavy atom. The number of carbonyl (C=O) groups excluding carboxylic acids is 1. The van der Waals surface area contributed by atoms with Gasteiger partial charge >= 0.3 is 5.97 Å². The van der Waals surface area contributed by atoms with Gasteiger partial charge in [0.15, 0.2) is 0 Å². The highest BCUT2D eigenvalue weighted by molar-refractivity contribution is 5.81.